The molecular weight excluding hydrogens is 316 g/mol. The first-order valence-electron chi connectivity index (χ1n) is 9.66. The summed E-state index contributed by atoms with van der Waals surface area (Å²) in [7, 11) is 0. The molecule has 1 aromatic carbocycles. The minimum Gasteiger partial charge on any atom is -0.493 e. The van der Waals surface area contributed by atoms with E-state index in [0.717, 1.165) is 84.3 Å². The highest BCUT2D eigenvalue weighted by Gasteiger charge is 2.16. The topological polar surface area (TPSA) is 34.2 Å². The van der Waals surface area contributed by atoms with Crippen molar-refractivity contribution in [3.8, 4) is 5.75 Å². The lowest BCUT2D eigenvalue weighted by Crippen LogP contribution is -2.37. The number of para-hydroxylation sites is 1. The highest BCUT2D eigenvalue weighted by molar-refractivity contribution is 5.33. The van der Waals surface area contributed by atoms with Gasteiger partial charge in [0, 0.05) is 51.4 Å². The second kappa shape index (κ2) is 10.1. The Bertz CT molecular complexity index is 505. The highest BCUT2D eigenvalue weighted by Crippen LogP contribution is 2.21. The summed E-state index contributed by atoms with van der Waals surface area (Å²) >= 11 is 0. The Morgan fingerprint density at radius 3 is 2.80 bits per heavy atom. The lowest BCUT2D eigenvalue weighted by atomic mass is 10.1. The Hall–Kier alpha value is -1.14. The van der Waals surface area contributed by atoms with Crippen LogP contribution in [-0.4, -0.2) is 75.1 Å². The van der Waals surface area contributed by atoms with E-state index in [1.54, 1.807) is 0 Å². The summed E-state index contributed by atoms with van der Waals surface area (Å²) in [6.45, 7) is 11.7. The molecule has 0 N–H and O–H groups in total. The molecule has 2 saturated heterocycles. The third-order valence-corrected chi connectivity index (χ3v) is 4.88. The fraction of sp³-hybridized carbons (Fsp3) is 0.700. The summed E-state index contributed by atoms with van der Waals surface area (Å²) in [6, 6.07) is 8.46. The number of morpholine rings is 1. The molecule has 2 aliphatic heterocycles. The van der Waals surface area contributed by atoms with Crippen molar-refractivity contribution in [1.29, 1.82) is 0 Å². The smallest absolute Gasteiger partial charge is 0.123 e. The zero-order valence-electron chi connectivity index (χ0n) is 15.5. The standard InChI is InChI=1S/C20H32N2O3/c1-18-16-22(9-5-12-24-18)17-19-6-2-3-7-20(19)25-13-4-8-21-10-14-23-15-11-21/h2-3,6-7,18H,4-5,8-17H2,1H3/t18-/m0/s1. The SMILES string of the molecule is C[C@H]1CN(Cc2ccccc2OCCCN2CCOCC2)CCCO1. The highest BCUT2D eigenvalue weighted by atomic mass is 16.5. The van der Waals surface area contributed by atoms with Crippen LogP contribution in [-0.2, 0) is 16.0 Å². The van der Waals surface area contributed by atoms with Gasteiger partial charge in [-0.1, -0.05) is 18.2 Å². The Labute approximate surface area is 151 Å². The molecule has 0 unspecified atom stereocenters. The quantitative estimate of drug-likeness (QED) is 0.707. The second-order valence-electron chi connectivity index (χ2n) is 7.03. The maximum atomic E-state index is 6.11. The van der Waals surface area contributed by atoms with Crippen molar-refractivity contribution in [3.63, 3.8) is 0 Å². The third kappa shape index (κ3) is 6.26. The number of hydrogen-bond donors (Lipinski definition) is 0. The van der Waals surface area contributed by atoms with Crippen LogP contribution < -0.4 is 4.74 Å². The Morgan fingerprint density at radius 2 is 1.92 bits per heavy atom. The van der Waals surface area contributed by atoms with Gasteiger partial charge in [0.25, 0.3) is 0 Å². The number of ether oxygens (including phenoxy) is 3. The second-order valence-corrected chi connectivity index (χ2v) is 7.03. The molecule has 0 spiro atoms. The van der Waals surface area contributed by atoms with Crippen LogP contribution in [0, 0.1) is 0 Å². The van der Waals surface area contributed by atoms with Crippen LogP contribution in [0.15, 0.2) is 24.3 Å². The van der Waals surface area contributed by atoms with Gasteiger partial charge in [0.05, 0.1) is 25.9 Å². The van der Waals surface area contributed by atoms with Gasteiger partial charge in [-0.15, -0.1) is 0 Å². The largest absolute Gasteiger partial charge is 0.493 e. The van der Waals surface area contributed by atoms with E-state index in [1.165, 1.54) is 5.56 Å². The van der Waals surface area contributed by atoms with Crippen molar-refractivity contribution in [2.75, 3.05) is 59.2 Å². The van der Waals surface area contributed by atoms with E-state index in [4.69, 9.17) is 14.2 Å². The zero-order valence-corrected chi connectivity index (χ0v) is 15.5. The summed E-state index contributed by atoms with van der Waals surface area (Å²) < 4.78 is 17.3. The van der Waals surface area contributed by atoms with E-state index in [9.17, 15) is 0 Å². The lowest BCUT2D eigenvalue weighted by molar-refractivity contribution is 0.0357. The van der Waals surface area contributed by atoms with E-state index < -0.39 is 0 Å². The van der Waals surface area contributed by atoms with E-state index in [-0.39, 0.29) is 0 Å². The Balaban J connectivity index is 1.46. The zero-order chi connectivity index (χ0) is 17.3. The van der Waals surface area contributed by atoms with Gasteiger partial charge < -0.3 is 14.2 Å². The number of hydrogen-bond acceptors (Lipinski definition) is 5. The molecule has 0 aromatic heterocycles. The van der Waals surface area contributed by atoms with Crippen LogP contribution in [0.2, 0.25) is 0 Å². The monoisotopic (exact) mass is 348 g/mol. The van der Waals surface area contributed by atoms with Crippen LogP contribution in [0.25, 0.3) is 0 Å². The number of nitrogens with zero attached hydrogens (tertiary/aromatic N) is 2. The van der Waals surface area contributed by atoms with E-state index >= 15 is 0 Å². The van der Waals surface area contributed by atoms with Crippen molar-refractivity contribution in [2.45, 2.75) is 32.4 Å². The number of rotatable bonds is 7. The molecule has 1 aromatic rings. The number of benzene rings is 1. The summed E-state index contributed by atoms with van der Waals surface area (Å²) in [5.41, 5.74) is 1.28. The molecule has 2 aliphatic rings. The summed E-state index contributed by atoms with van der Waals surface area (Å²) in [5.74, 6) is 1.03. The van der Waals surface area contributed by atoms with Crippen LogP contribution in [0.5, 0.6) is 5.75 Å². The summed E-state index contributed by atoms with van der Waals surface area (Å²) in [4.78, 5) is 4.94. The average Bonchev–Trinajstić information content (AvgIpc) is 2.85. The van der Waals surface area contributed by atoms with Crippen LogP contribution in [0.3, 0.4) is 0 Å². The van der Waals surface area contributed by atoms with Gasteiger partial charge in [-0.3, -0.25) is 9.80 Å². The van der Waals surface area contributed by atoms with Gasteiger partial charge in [0.1, 0.15) is 5.75 Å². The van der Waals surface area contributed by atoms with Crippen molar-refractivity contribution in [1.82, 2.24) is 9.80 Å². The van der Waals surface area contributed by atoms with Crippen molar-refractivity contribution in [3.05, 3.63) is 29.8 Å². The van der Waals surface area contributed by atoms with Gasteiger partial charge in [0.15, 0.2) is 0 Å². The summed E-state index contributed by atoms with van der Waals surface area (Å²) in [5, 5.41) is 0. The molecular formula is C20H32N2O3. The minimum absolute atomic E-state index is 0.309. The molecule has 0 aliphatic carbocycles. The van der Waals surface area contributed by atoms with Gasteiger partial charge in [-0.25, -0.2) is 0 Å². The molecule has 1 atom stereocenters. The first kappa shape index (κ1) is 18.6. The summed E-state index contributed by atoms with van der Waals surface area (Å²) in [6.07, 6.45) is 2.47. The van der Waals surface area contributed by atoms with Crippen molar-refractivity contribution >= 4 is 0 Å². The van der Waals surface area contributed by atoms with E-state index in [0.29, 0.717) is 6.10 Å². The van der Waals surface area contributed by atoms with Gasteiger partial charge in [0.2, 0.25) is 0 Å². The molecule has 0 saturated carbocycles. The normalized spacial score (nSPS) is 23.3. The maximum Gasteiger partial charge on any atom is 0.123 e. The van der Waals surface area contributed by atoms with E-state index in [1.807, 2.05) is 0 Å². The first-order chi connectivity index (χ1) is 12.3. The molecule has 5 nitrogen and oxygen atoms in total. The van der Waals surface area contributed by atoms with Gasteiger partial charge in [-0.2, -0.15) is 0 Å². The average molecular weight is 348 g/mol. The molecule has 2 heterocycles. The molecule has 0 radical (unpaired) electrons. The fourth-order valence-electron chi connectivity index (χ4n) is 3.54. The minimum atomic E-state index is 0.309. The molecule has 140 valence electrons. The van der Waals surface area contributed by atoms with Crippen molar-refractivity contribution in [2.24, 2.45) is 0 Å². The lowest BCUT2D eigenvalue weighted by Gasteiger charge is -2.26. The molecule has 5 heteroatoms. The van der Waals surface area contributed by atoms with Gasteiger partial charge in [-0.05, 0) is 25.8 Å². The van der Waals surface area contributed by atoms with Gasteiger partial charge >= 0.3 is 0 Å². The van der Waals surface area contributed by atoms with Crippen LogP contribution in [0.1, 0.15) is 25.3 Å². The maximum absolute atomic E-state index is 6.11. The Morgan fingerprint density at radius 1 is 1.08 bits per heavy atom. The fourth-order valence-corrected chi connectivity index (χ4v) is 3.54. The molecule has 0 amide bonds. The third-order valence-electron chi connectivity index (χ3n) is 4.88. The molecule has 3 rings (SSSR count). The molecule has 2 fully saturated rings. The molecule has 0 bridgehead atoms. The first-order valence-corrected chi connectivity index (χ1v) is 9.66. The van der Waals surface area contributed by atoms with Crippen LogP contribution >= 0.6 is 0 Å². The van der Waals surface area contributed by atoms with Crippen molar-refractivity contribution < 1.29 is 14.2 Å². The van der Waals surface area contributed by atoms with Crippen LogP contribution in [0.4, 0.5) is 0 Å². The predicted octanol–water partition coefficient (Wildman–Crippen LogP) is 2.40. The molecule has 25 heavy (non-hydrogen) atoms. The Kier molecular flexibility index (Phi) is 7.55. The predicted molar refractivity (Wildman–Crippen MR) is 99.1 cm³/mol. The van der Waals surface area contributed by atoms with E-state index in [2.05, 4.69) is 41.0 Å².